The van der Waals surface area contributed by atoms with Gasteiger partial charge in [0.25, 0.3) is 0 Å². The van der Waals surface area contributed by atoms with Gasteiger partial charge in [0.15, 0.2) is 0 Å². The monoisotopic (exact) mass is 176 g/mol. The fraction of sp³-hybridized carbons (Fsp3) is 0.500. The molecular weight excluding hydrogens is 167 g/mol. The SMILES string of the molecule is CCC1CC=CC(Cl)=C1Cl. The zero-order valence-corrected chi connectivity index (χ0v) is 7.41. The molecule has 1 aliphatic carbocycles. The number of hydrogen-bond donors (Lipinski definition) is 0. The molecule has 0 aromatic carbocycles. The first-order valence-electron chi connectivity index (χ1n) is 3.47. The minimum absolute atomic E-state index is 0.458. The molecule has 56 valence electrons. The van der Waals surface area contributed by atoms with Crippen molar-refractivity contribution in [2.24, 2.45) is 5.92 Å². The maximum Gasteiger partial charge on any atom is 0.0550 e. The number of rotatable bonds is 1. The summed E-state index contributed by atoms with van der Waals surface area (Å²) in [4.78, 5) is 0. The van der Waals surface area contributed by atoms with E-state index in [0.717, 1.165) is 17.9 Å². The molecule has 1 unspecified atom stereocenters. The lowest BCUT2D eigenvalue weighted by atomic mass is 9.98. The van der Waals surface area contributed by atoms with E-state index in [1.165, 1.54) is 0 Å². The van der Waals surface area contributed by atoms with Crippen LogP contribution in [-0.2, 0) is 0 Å². The van der Waals surface area contributed by atoms with Gasteiger partial charge in [-0.1, -0.05) is 36.2 Å². The molecule has 0 saturated carbocycles. The minimum Gasteiger partial charge on any atom is -0.0872 e. The molecule has 0 heterocycles. The predicted octanol–water partition coefficient (Wildman–Crippen LogP) is 3.66. The number of hydrogen-bond acceptors (Lipinski definition) is 0. The normalized spacial score (nSPS) is 25.7. The van der Waals surface area contributed by atoms with Crippen LogP contribution in [0.15, 0.2) is 22.2 Å². The highest BCUT2D eigenvalue weighted by molar-refractivity contribution is 6.40. The second-order valence-electron chi connectivity index (χ2n) is 2.44. The van der Waals surface area contributed by atoms with Gasteiger partial charge in [0.1, 0.15) is 0 Å². The van der Waals surface area contributed by atoms with Crippen LogP contribution in [-0.4, -0.2) is 0 Å². The summed E-state index contributed by atoms with van der Waals surface area (Å²) in [6, 6.07) is 0. The molecule has 0 spiro atoms. The summed E-state index contributed by atoms with van der Waals surface area (Å²) in [5, 5.41) is 1.53. The third-order valence-electron chi connectivity index (χ3n) is 1.76. The van der Waals surface area contributed by atoms with E-state index in [1.54, 1.807) is 0 Å². The molecule has 0 aromatic rings. The van der Waals surface area contributed by atoms with Crippen molar-refractivity contribution < 1.29 is 0 Å². The molecule has 0 aliphatic heterocycles. The van der Waals surface area contributed by atoms with Crippen molar-refractivity contribution in [2.45, 2.75) is 19.8 Å². The summed E-state index contributed by atoms with van der Waals surface area (Å²) in [7, 11) is 0. The first kappa shape index (κ1) is 8.16. The molecule has 1 rings (SSSR count). The smallest absolute Gasteiger partial charge is 0.0550 e. The van der Waals surface area contributed by atoms with Crippen molar-refractivity contribution in [1.29, 1.82) is 0 Å². The molecule has 0 saturated heterocycles. The zero-order chi connectivity index (χ0) is 7.56. The van der Waals surface area contributed by atoms with Gasteiger partial charge >= 0.3 is 0 Å². The van der Waals surface area contributed by atoms with Crippen LogP contribution in [0.2, 0.25) is 0 Å². The molecule has 0 amide bonds. The molecule has 1 aliphatic rings. The van der Waals surface area contributed by atoms with Crippen molar-refractivity contribution in [2.75, 3.05) is 0 Å². The standard InChI is InChI=1S/C8H10Cl2/c1-2-6-4-3-5-7(9)8(6)10/h3,5-6H,2,4H2,1H3. The average molecular weight is 177 g/mol. The maximum atomic E-state index is 5.93. The summed E-state index contributed by atoms with van der Waals surface area (Å²) < 4.78 is 0. The van der Waals surface area contributed by atoms with Crippen LogP contribution in [0, 0.1) is 5.92 Å². The molecule has 0 fully saturated rings. The molecule has 2 heteroatoms. The van der Waals surface area contributed by atoms with E-state index in [0.29, 0.717) is 11.0 Å². The van der Waals surface area contributed by atoms with E-state index in [2.05, 4.69) is 13.0 Å². The fourth-order valence-electron chi connectivity index (χ4n) is 1.06. The molecule has 0 N–H and O–H groups in total. The molecule has 0 bridgehead atoms. The van der Waals surface area contributed by atoms with Crippen LogP contribution < -0.4 is 0 Å². The highest BCUT2D eigenvalue weighted by Crippen LogP contribution is 2.32. The summed E-state index contributed by atoms with van der Waals surface area (Å²) >= 11 is 11.7. The van der Waals surface area contributed by atoms with E-state index in [9.17, 15) is 0 Å². The summed E-state index contributed by atoms with van der Waals surface area (Å²) in [5.74, 6) is 0.458. The van der Waals surface area contributed by atoms with E-state index in [1.807, 2.05) is 6.08 Å². The Kier molecular flexibility index (Phi) is 2.82. The first-order chi connectivity index (χ1) is 4.75. The average Bonchev–Trinajstić information content (AvgIpc) is 1.95. The minimum atomic E-state index is 0.458. The second-order valence-corrected chi connectivity index (χ2v) is 3.25. The Labute approximate surface area is 71.5 Å². The van der Waals surface area contributed by atoms with Crippen molar-refractivity contribution in [1.82, 2.24) is 0 Å². The third-order valence-corrected chi connectivity index (χ3v) is 2.70. The Balaban J connectivity index is 2.77. The van der Waals surface area contributed by atoms with Gasteiger partial charge in [-0.2, -0.15) is 0 Å². The zero-order valence-electron chi connectivity index (χ0n) is 5.90. The summed E-state index contributed by atoms with van der Waals surface area (Å²) in [6.45, 7) is 2.12. The second kappa shape index (κ2) is 3.45. The van der Waals surface area contributed by atoms with Crippen molar-refractivity contribution >= 4 is 23.2 Å². The topological polar surface area (TPSA) is 0 Å². The van der Waals surface area contributed by atoms with Gasteiger partial charge in [0.2, 0.25) is 0 Å². The van der Waals surface area contributed by atoms with Gasteiger partial charge in [-0.25, -0.2) is 0 Å². The van der Waals surface area contributed by atoms with E-state index < -0.39 is 0 Å². The van der Waals surface area contributed by atoms with Crippen molar-refractivity contribution in [3.63, 3.8) is 0 Å². The lowest BCUT2D eigenvalue weighted by molar-refractivity contribution is 0.619. The predicted molar refractivity (Wildman–Crippen MR) is 46.3 cm³/mol. The largest absolute Gasteiger partial charge is 0.0872 e. The quantitative estimate of drug-likeness (QED) is 0.573. The summed E-state index contributed by atoms with van der Waals surface area (Å²) in [6.07, 6.45) is 6.05. The third kappa shape index (κ3) is 1.56. The van der Waals surface area contributed by atoms with Crippen LogP contribution in [0.4, 0.5) is 0 Å². The van der Waals surface area contributed by atoms with Gasteiger partial charge in [0.05, 0.1) is 5.03 Å². The van der Waals surface area contributed by atoms with E-state index >= 15 is 0 Å². The van der Waals surface area contributed by atoms with Gasteiger partial charge in [-0.15, -0.1) is 0 Å². The first-order valence-corrected chi connectivity index (χ1v) is 4.23. The van der Waals surface area contributed by atoms with E-state index in [4.69, 9.17) is 23.2 Å². The summed E-state index contributed by atoms with van der Waals surface area (Å²) in [5.41, 5.74) is 0. The lowest BCUT2D eigenvalue weighted by Gasteiger charge is -2.15. The Bertz CT molecular complexity index is 180. The Hall–Kier alpha value is 0.0600. The van der Waals surface area contributed by atoms with Crippen LogP contribution in [0.1, 0.15) is 19.8 Å². The molecule has 0 radical (unpaired) electrons. The molecule has 0 nitrogen and oxygen atoms in total. The van der Waals surface area contributed by atoms with Crippen LogP contribution in [0.25, 0.3) is 0 Å². The maximum absolute atomic E-state index is 5.93. The molecule has 10 heavy (non-hydrogen) atoms. The Morgan fingerprint density at radius 3 is 2.80 bits per heavy atom. The van der Waals surface area contributed by atoms with Gasteiger partial charge in [-0.05, 0) is 24.8 Å². The van der Waals surface area contributed by atoms with Crippen molar-refractivity contribution in [3.8, 4) is 0 Å². The van der Waals surface area contributed by atoms with Crippen LogP contribution in [0.3, 0.4) is 0 Å². The fourth-order valence-corrected chi connectivity index (χ4v) is 1.61. The molecule has 1 atom stereocenters. The highest BCUT2D eigenvalue weighted by Gasteiger charge is 2.14. The van der Waals surface area contributed by atoms with Gasteiger partial charge in [0, 0.05) is 5.03 Å². The molecule has 0 aromatic heterocycles. The number of halogens is 2. The van der Waals surface area contributed by atoms with Crippen LogP contribution in [0.5, 0.6) is 0 Å². The van der Waals surface area contributed by atoms with Gasteiger partial charge in [-0.3, -0.25) is 0 Å². The highest BCUT2D eigenvalue weighted by atomic mass is 35.5. The molecular formula is C8H10Cl2. The number of allylic oxidation sites excluding steroid dienone is 4. The Morgan fingerprint density at radius 2 is 2.30 bits per heavy atom. The van der Waals surface area contributed by atoms with Crippen LogP contribution >= 0.6 is 23.2 Å². The Morgan fingerprint density at radius 1 is 1.60 bits per heavy atom. The van der Waals surface area contributed by atoms with E-state index in [-0.39, 0.29) is 0 Å². The lowest BCUT2D eigenvalue weighted by Crippen LogP contribution is -2.01. The van der Waals surface area contributed by atoms with Crippen molar-refractivity contribution in [3.05, 3.63) is 22.2 Å². The van der Waals surface area contributed by atoms with Gasteiger partial charge < -0.3 is 0 Å².